The normalized spacial score (nSPS) is 10.5. The lowest BCUT2D eigenvalue weighted by molar-refractivity contribution is -0.115. The molecule has 0 atom stereocenters. The number of aromatic amines is 1. The second-order valence-corrected chi connectivity index (χ2v) is 7.65. The van der Waals surface area contributed by atoms with Gasteiger partial charge in [-0.2, -0.15) is 5.10 Å². The molecule has 184 valence electrons. The molecule has 0 spiro atoms. The van der Waals surface area contributed by atoms with E-state index in [1.54, 1.807) is 31.4 Å². The number of hydrogen-bond donors (Lipinski definition) is 4. The standard InChI is InChI=1S/C25H24FN7O3/c1-3-27-8-5-9-36-22-14-20-19(13-21(22)35-2)25(29-15-28-20)31-23-11-18(32-33-23)12-24(34)30-17-7-4-6-16(26)10-17/h1,4,6-7,10-11,13-15,27H,5,8-9,12H2,2H3,(H,30,34)(H2,28,29,31,32,33). The third-order valence-electron chi connectivity index (χ3n) is 5.06. The minimum atomic E-state index is -0.425. The summed E-state index contributed by atoms with van der Waals surface area (Å²) in [7, 11) is 1.56. The third-order valence-corrected chi connectivity index (χ3v) is 5.06. The lowest BCUT2D eigenvalue weighted by Crippen LogP contribution is -2.14. The highest BCUT2D eigenvalue weighted by Gasteiger charge is 2.14. The van der Waals surface area contributed by atoms with Crippen LogP contribution in [0.25, 0.3) is 10.9 Å². The zero-order valence-electron chi connectivity index (χ0n) is 19.5. The number of H-pyrrole nitrogens is 1. The van der Waals surface area contributed by atoms with E-state index in [0.29, 0.717) is 58.6 Å². The fourth-order valence-corrected chi connectivity index (χ4v) is 3.43. The van der Waals surface area contributed by atoms with Gasteiger partial charge in [0.2, 0.25) is 5.91 Å². The average Bonchev–Trinajstić information content (AvgIpc) is 3.30. The molecule has 0 saturated carbocycles. The maximum Gasteiger partial charge on any atom is 0.230 e. The van der Waals surface area contributed by atoms with Crippen molar-refractivity contribution in [1.29, 1.82) is 0 Å². The predicted molar refractivity (Wildman–Crippen MR) is 134 cm³/mol. The van der Waals surface area contributed by atoms with Gasteiger partial charge in [-0.25, -0.2) is 14.4 Å². The molecule has 4 aromatic rings. The van der Waals surface area contributed by atoms with E-state index in [9.17, 15) is 9.18 Å². The van der Waals surface area contributed by atoms with Crippen LogP contribution in [0.5, 0.6) is 11.5 Å². The van der Waals surface area contributed by atoms with Crippen LogP contribution in [0.1, 0.15) is 12.1 Å². The van der Waals surface area contributed by atoms with Gasteiger partial charge in [0.05, 0.1) is 25.7 Å². The molecule has 0 radical (unpaired) electrons. The molecule has 4 rings (SSSR count). The van der Waals surface area contributed by atoms with Gasteiger partial charge in [-0.1, -0.05) is 12.5 Å². The zero-order valence-corrected chi connectivity index (χ0v) is 19.5. The number of methoxy groups -OCH3 is 1. The van der Waals surface area contributed by atoms with Crippen molar-refractivity contribution in [3.05, 3.63) is 60.3 Å². The van der Waals surface area contributed by atoms with Crippen molar-refractivity contribution in [2.75, 3.05) is 30.9 Å². The van der Waals surface area contributed by atoms with Crippen LogP contribution in [0.15, 0.2) is 48.8 Å². The molecule has 0 saturated heterocycles. The lowest BCUT2D eigenvalue weighted by atomic mass is 10.2. The molecule has 36 heavy (non-hydrogen) atoms. The highest BCUT2D eigenvalue weighted by molar-refractivity contribution is 5.93. The Morgan fingerprint density at radius 1 is 1.19 bits per heavy atom. The Bertz CT molecular complexity index is 1400. The van der Waals surface area contributed by atoms with Crippen molar-refractivity contribution in [2.24, 2.45) is 0 Å². The van der Waals surface area contributed by atoms with Gasteiger partial charge in [0.15, 0.2) is 17.3 Å². The summed E-state index contributed by atoms with van der Waals surface area (Å²) in [5.74, 6) is 1.32. The van der Waals surface area contributed by atoms with E-state index in [1.165, 1.54) is 24.5 Å². The van der Waals surface area contributed by atoms with Gasteiger partial charge in [0, 0.05) is 41.5 Å². The topological polar surface area (TPSA) is 126 Å². The van der Waals surface area contributed by atoms with E-state index in [0.717, 1.165) is 6.42 Å². The van der Waals surface area contributed by atoms with Crippen molar-refractivity contribution in [1.82, 2.24) is 25.5 Å². The predicted octanol–water partition coefficient (Wildman–Crippen LogP) is 3.37. The molecular weight excluding hydrogens is 465 g/mol. The number of halogens is 1. The monoisotopic (exact) mass is 489 g/mol. The van der Waals surface area contributed by atoms with Crippen molar-refractivity contribution in [3.8, 4) is 24.0 Å². The number of nitrogens with zero attached hydrogens (tertiary/aromatic N) is 3. The number of carbonyl (C=O) groups is 1. The molecule has 0 aliphatic carbocycles. The minimum absolute atomic E-state index is 0.0289. The van der Waals surface area contributed by atoms with Crippen molar-refractivity contribution in [3.63, 3.8) is 0 Å². The second kappa shape index (κ2) is 11.5. The number of benzene rings is 2. The smallest absolute Gasteiger partial charge is 0.230 e. The van der Waals surface area contributed by atoms with E-state index in [4.69, 9.17) is 15.9 Å². The van der Waals surface area contributed by atoms with E-state index < -0.39 is 5.82 Å². The first kappa shape index (κ1) is 24.3. The number of aromatic nitrogens is 4. The fourth-order valence-electron chi connectivity index (χ4n) is 3.43. The first-order valence-electron chi connectivity index (χ1n) is 11.1. The first-order valence-corrected chi connectivity index (χ1v) is 11.1. The Labute approximate surface area is 206 Å². The minimum Gasteiger partial charge on any atom is -0.493 e. The summed E-state index contributed by atoms with van der Waals surface area (Å²) < 4.78 is 24.7. The van der Waals surface area contributed by atoms with Crippen molar-refractivity contribution in [2.45, 2.75) is 12.8 Å². The summed E-state index contributed by atoms with van der Waals surface area (Å²) in [6.07, 6.45) is 7.36. The molecule has 4 N–H and O–H groups in total. The van der Waals surface area contributed by atoms with Gasteiger partial charge in [0.25, 0.3) is 0 Å². The number of fused-ring (bicyclic) bond motifs is 1. The molecule has 0 fully saturated rings. The molecule has 1 amide bonds. The van der Waals surface area contributed by atoms with E-state index in [2.05, 4.69) is 42.2 Å². The maximum atomic E-state index is 13.3. The van der Waals surface area contributed by atoms with Crippen LogP contribution in [0.4, 0.5) is 21.7 Å². The van der Waals surface area contributed by atoms with Crippen LogP contribution < -0.4 is 25.4 Å². The van der Waals surface area contributed by atoms with Crippen LogP contribution in [0, 0.1) is 18.3 Å². The molecule has 2 heterocycles. The highest BCUT2D eigenvalue weighted by Crippen LogP contribution is 2.34. The van der Waals surface area contributed by atoms with Crippen LogP contribution in [0.2, 0.25) is 0 Å². The van der Waals surface area contributed by atoms with Crippen LogP contribution in [-0.2, 0) is 11.2 Å². The van der Waals surface area contributed by atoms with Gasteiger partial charge in [-0.05, 0) is 30.7 Å². The average molecular weight is 490 g/mol. The van der Waals surface area contributed by atoms with Crippen molar-refractivity contribution < 1.29 is 18.7 Å². The van der Waals surface area contributed by atoms with E-state index in [-0.39, 0.29) is 12.3 Å². The van der Waals surface area contributed by atoms with Gasteiger partial charge in [0.1, 0.15) is 18.0 Å². The Balaban J connectivity index is 1.44. The summed E-state index contributed by atoms with van der Waals surface area (Å²) in [5.41, 5.74) is 1.60. The van der Waals surface area contributed by atoms with E-state index >= 15 is 0 Å². The zero-order chi connectivity index (χ0) is 25.3. The number of nitrogens with one attached hydrogen (secondary N) is 4. The molecule has 10 nitrogen and oxygen atoms in total. The highest BCUT2D eigenvalue weighted by atomic mass is 19.1. The number of amides is 1. The van der Waals surface area contributed by atoms with Crippen LogP contribution >= 0.6 is 0 Å². The number of carbonyl (C=O) groups excluding carboxylic acids is 1. The van der Waals surface area contributed by atoms with Gasteiger partial charge < -0.3 is 25.4 Å². The fraction of sp³-hybridized carbons (Fsp3) is 0.200. The maximum absolute atomic E-state index is 13.3. The Morgan fingerprint density at radius 2 is 2.08 bits per heavy atom. The molecule has 2 aromatic carbocycles. The first-order chi connectivity index (χ1) is 17.6. The van der Waals surface area contributed by atoms with Crippen LogP contribution in [-0.4, -0.2) is 46.3 Å². The quantitative estimate of drug-likeness (QED) is 0.144. The lowest BCUT2D eigenvalue weighted by Gasteiger charge is -2.13. The van der Waals surface area contributed by atoms with Crippen molar-refractivity contribution >= 4 is 34.1 Å². The number of terminal acetylenes is 1. The Kier molecular flexibility index (Phi) is 7.77. The SMILES string of the molecule is C#CNCCCOc1cc2ncnc(Nc3cc(CC(=O)Nc4cccc(F)c4)[nH]n3)c2cc1OC. The number of hydrogen-bond acceptors (Lipinski definition) is 8. The molecule has 0 bridgehead atoms. The number of rotatable bonds is 11. The Morgan fingerprint density at radius 3 is 2.89 bits per heavy atom. The van der Waals surface area contributed by atoms with Gasteiger partial charge in [-0.3, -0.25) is 9.89 Å². The molecule has 2 aromatic heterocycles. The summed E-state index contributed by atoms with van der Waals surface area (Å²) in [6, 6.07) is 13.3. The molecular formula is C25H24FN7O3. The number of ether oxygens (including phenoxy) is 2. The summed E-state index contributed by atoms with van der Waals surface area (Å²) in [6.45, 7) is 1.09. The second-order valence-electron chi connectivity index (χ2n) is 7.65. The summed E-state index contributed by atoms with van der Waals surface area (Å²) in [4.78, 5) is 21.0. The van der Waals surface area contributed by atoms with Crippen LogP contribution in [0.3, 0.4) is 0 Å². The third kappa shape index (κ3) is 6.18. The molecule has 0 aliphatic rings. The summed E-state index contributed by atoms with van der Waals surface area (Å²) >= 11 is 0. The molecule has 0 aliphatic heterocycles. The molecule has 11 heteroatoms. The summed E-state index contributed by atoms with van der Waals surface area (Å²) in [5, 5.41) is 16.3. The molecule has 0 unspecified atom stereocenters. The largest absolute Gasteiger partial charge is 0.493 e. The Hall–Kier alpha value is -4.85. The van der Waals surface area contributed by atoms with E-state index in [1.807, 2.05) is 0 Å². The number of anilines is 3. The van der Waals surface area contributed by atoms with Gasteiger partial charge >= 0.3 is 0 Å². The van der Waals surface area contributed by atoms with Gasteiger partial charge in [-0.15, -0.1) is 0 Å².